The van der Waals surface area contributed by atoms with Crippen molar-refractivity contribution in [3.63, 3.8) is 0 Å². The van der Waals surface area contributed by atoms with Crippen LogP contribution in [0.3, 0.4) is 0 Å². The van der Waals surface area contributed by atoms with Crippen LogP contribution in [0.15, 0.2) is 103 Å². The summed E-state index contributed by atoms with van der Waals surface area (Å²) in [4.78, 5) is 12.7. The van der Waals surface area contributed by atoms with Crippen LogP contribution >= 0.6 is 0 Å². The van der Waals surface area contributed by atoms with Gasteiger partial charge in [-0.2, -0.15) is 0 Å². The summed E-state index contributed by atoms with van der Waals surface area (Å²) >= 11 is 0. The first kappa shape index (κ1) is 20.2. The molecular weight excluding hydrogens is 386 g/mol. The monoisotopic (exact) mass is 409 g/mol. The number of rotatable bonds is 8. The molecule has 31 heavy (non-hydrogen) atoms. The van der Waals surface area contributed by atoms with E-state index in [1.165, 1.54) is 0 Å². The van der Waals surface area contributed by atoms with Crippen LogP contribution in [0, 0.1) is 0 Å². The molecule has 1 aromatic heterocycles. The van der Waals surface area contributed by atoms with Crippen molar-refractivity contribution >= 4 is 11.9 Å². The van der Waals surface area contributed by atoms with Gasteiger partial charge in [0.05, 0.1) is 7.11 Å². The van der Waals surface area contributed by atoms with E-state index in [-0.39, 0.29) is 5.78 Å². The van der Waals surface area contributed by atoms with E-state index in [0.717, 1.165) is 28.3 Å². The van der Waals surface area contributed by atoms with Gasteiger partial charge < -0.3 is 14.0 Å². The minimum Gasteiger partial charge on any atom is -0.496 e. The summed E-state index contributed by atoms with van der Waals surface area (Å²) in [6.45, 7) is 0.377. The highest BCUT2D eigenvalue weighted by atomic mass is 16.5. The zero-order valence-electron chi connectivity index (χ0n) is 17.3. The van der Waals surface area contributed by atoms with E-state index in [9.17, 15) is 4.79 Å². The lowest BCUT2D eigenvalue weighted by Crippen LogP contribution is -1.99. The Morgan fingerprint density at radius 3 is 2.48 bits per heavy atom. The van der Waals surface area contributed by atoms with Crippen molar-refractivity contribution in [2.45, 2.75) is 6.61 Å². The number of methoxy groups -OCH3 is 1. The topological polar surface area (TPSA) is 40.5 Å². The number of carbonyl (C=O) groups excluding carboxylic acids is 1. The lowest BCUT2D eigenvalue weighted by Gasteiger charge is -2.11. The number of ketones is 1. The summed E-state index contributed by atoms with van der Waals surface area (Å²) in [6, 6.07) is 26.9. The van der Waals surface area contributed by atoms with Gasteiger partial charge in [0, 0.05) is 29.2 Å². The maximum absolute atomic E-state index is 12.7. The maximum atomic E-state index is 12.7. The van der Waals surface area contributed by atoms with Crippen molar-refractivity contribution in [1.29, 1.82) is 0 Å². The minimum atomic E-state index is -0.0492. The standard InChI is InChI=1S/C27H23NO3/c1-30-27-15-13-21(18-23(27)20-31-25-10-3-2-4-11-25)12-14-26(29)22-8-7-9-24(19-22)28-16-5-6-17-28/h2-19H,20H2,1H3/b14-12+. The molecule has 0 amide bonds. The molecule has 0 radical (unpaired) electrons. The zero-order valence-corrected chi connectivity index (χ0v) is 17.3. The van der Waals surface area contributed by atoms with Crippen LogP contribution in [0.1, 0.15) is 21.5 Å². The highest BCUT2D eigenvalue weighted by Crippen LogP contribution is 2.23. The van der Waals surface area contributed by atoms with Crippen molar-refractivity contribution in [2.75, 3.05) is 7.11 Å². The van der Waals surface area contributed by atoms with Gasteiger partial charge >= 0.3 is 0 Å². The van der Waals surface area contributed by atoms with E-state index in [1.807, 2.05) is 108 Å². The zero-order chi connectivity index (χ0) is 21.5. The Morgan fingerprint density at radius 2 is 1.71 bits per heavy atom. The Bertz CT molecular complexity index is 1180. The van der Waals surface area contributed by atoms with Gasteiger partial charge in [0.15, 0.2) is 5.78 Å². The first-order chi connectivity index (χ1) is 15.2. The summed E-state index contributed by atoms with van der Waals surface area (Å²) in [5, 5.41) is 0. The molecule has 0 saturated heterocycles. The molecule has 0 saturated carbocycles. The number of allylic oxidation sites excluding steroid dienone is 1. The van der Waals surface area contributed by atoms with E-state index in [1.54, 1.807) is 13.2 Å². The SMILES string of the molecule is COc1ccc(/C=C/C(=O)c2cccc(-n3cccc3)c2)cc1COc1ccccc1. The van der Waals surface area contributed by atoms with Gasteiger partial charge in [-0.05, 0) is 60.2 Å². The normalized spacial score (nSPS) is 10.9. The molecular formula is C27H23NO3. The van der Waals surface area contributed by atoms with Gasteiger partial charge in [-0.1, -0.05) is 42.5 Å². The quantitative estimate of drug-likeness (QED) is 0.266. The average Bonchev–Trinajstić information content (AvgIpc) is 3.37. The molecule has 0 spiro atoms. The number of nitrogens with zero attached hydrogens (tertiary/aromatic N) is 1. The number of ether oxygens (including phenoxy) is 2. The lowest BCUT2D eigenvalue weighted by molar-refractivity contribution is 0.104. The molecule has 4 nitrogen and oxygen atoms in total. The van der Waals surface area contributed by atoms with E-state index < -0.39 is 0 Å². The summed E-state index contributed by atoms with van der Waals surface area (Å²) < 4.78 is 13.3. The fourth-order valence-corrected chi connectivity index (χ4v) is 3.29. The van der Waals surface area contributed by atoms with Gasteiger partial charge in [0.1, 0.15) is 18.1 Å². The second-order valence-electron chi connectivity index (χ2n) is 7.01. The number of carbonyl (C=O) groups is 1. The molecule has 0 fully saturated rings. The van der Waals surface area contributed by atoms with E-state index in [0.29, 0.717) is 12.2 Å². The molecule has 1 heterocycles. The average molecular weight is 409 g/mol. The van der Waals surface area contributed by atoms with Crippen LogP contribution in [0.4, 0.5) is 0 Å². The van der Waals surface area contributed by atoms with Crippen LogP contribution in [-0.4, -0.2) is 17.5 Å². The summed E-state index contributed by atoms with van der Waals surface area (Å²) in [5.41, 5.74) is 3.41. The van der Waals surface area contributed by atoms with Gasteiger partial charge in [0.2, 0.25) is 0 Å². The van der Waals surface area contributed by atoms with Gasteiger partial charge in [-0.25, -0.2) is 0 Å². The molecule has 0 aliphatic rings. The van der Waals surface area contributed by atoms with Crippen molar-refractivity contribution in [2.24, 2.45) is 0 Å². The highest BCUT2D eigenvalue weighted by Gasteiger charge is 2.07. The van der Waals surface area contributed by atoms with Crippen LogP contribution in [0.5, 0.6) is 11.5 Å². The molecule has 0 aliphatic carbocycles. The smallest absolute Gasteiger partial charge is 0.185 e. The Kier molecular flexibility index (Phi) is 6.29. The molecule has 3 aromatic carbocycles. The van der Waals surface area contributed by atoms with Crippen LogP contribution < -0.4 is 9.47 Å². The summed E-state index contributed by atoms with van der Waals surface area (Å²) in [5.74, 6) is 1.49. The lowest BCUT2D eigenvalue weighted by atomic mass is 10.1. The van der Waals surface area contributed by atoms with Crippen LogP contribution in [0.2, 0.25) is 0 Å². The van der Waals surface area contributed by atoms with Crippen molar-refractivity contribution in [1.82, 2.24) is 4.57 Å². The predicted octanol–water partition coefficient (Wildman–Crippen LogP) is 5.96. The Balaban J connectivity index is 1.49. The van der Waals surface area contributed by atoms with E-state index in [4.69, 9.17) is 9.47 Å². The minimum absolute atomic E-state index is 0.0492. The maximum Gasteiger partial charge on any atom is 0.185 e. The first-order valence-electron chi connectivity index (χ1n) is 10.0. The fraction of sp³-hybridized carbons (Fsp3) is 0.0741. The third kappa shape index (κ3) is 5.11. The molecule has 0 atom stereocenters. The highest BCUT2D eigenvalue weighted by molar-refractivity contribution is 6.07. The number of hydrogen-bond donors (Lipinski definition) is 0. The Labute approximate surface area is 182 Å². The van der Waals surface area contributed by atoms with Crippen LogP contribution in [0.25, 0.3) is 11.8 Å². The van der Waals surface area contributed by atoms with Gasteiger partial charge in [-0.15, -0.1) is 0 Å². The van der Waals surface area contributed by atoms with Gasteiger partial charge in [0.25, 0.3) is 0 Å². The second kappa shape index (κ2) is 9.63. The first-order valence-corrected chi connectivity index (χ1v) is 10.0. The van der Waals surface area contributed by atoms with Crippen molar-refractivity contribution in [3.8, 4) is 17.2 Å². The third-order valence-electron chi connectivity index (χ3n) is 4.90. The Morgan fingerprint density at radius 1 is 0.903 bits per heavy atom. The molecule has 0 unspecified atom stereocenters. The Hall–Kier alpha value is -4.05. The van der Waals surface area contributed by atoms with Crippen LogP contribution in [-0.2, 0) is 6.61 Å². The fourth-order valence-electron chi connectivity index (χ4n) is 3.29. The molecule has 4 heteroatoms. The molecule has 0 N–H and O–H groups in total. The predicted molar refractivity (Wildman–Crippen MR) is 123 cm³/mol. The molecule has 0 aliphatic heterocycles. The summed E-state index contributed by atoms with van der Waals surface area (Å²) in [7, 11) is 1.64. The number of para-hydroxylation sites is 1. The number of hydrogen-bond acceptors (Lipinski definition) is 3. The molecule has 4 aromatic rings. The van der Waals surface area contributed by atoms with Crippen molar-refractivity contribution < 1.29 is 14.3 Å². The largest absolute Gasteiger partial charge is 0.496 e. The second-order valence-corrected chi connectivity index (χ2v) is 7.01. The molecule has 0 bridgehead atoms. The number of aromatic nitrogens is 1. The van der Waals surface area contributed by atoms with Gasteiger partial charge in [-0.3, -0.25) is 4.79 Å². The van der Waals surface area contributed by atoms with Crippen molar-refractivity contribution in [3.05, 3.63) is 120 Å². The van der Waals surface area contributed by atoms with E-state index in [2.05, 4.69) is 0 Å². The number of benzene rings is 3. The third-order valence-corrected chi connectivity index (χ3v) is 4.90. The molecule has 154 valence electrons. The van der Waals surface area contributed by atoms with E-state index >= 15 is 0 Å². The molecule has 4 rings (SSSR count). The summed E-state index contributed by atoms with van der Waals surface area (Å²) in [6.07, 6.45) is 7.32.